The number of hydrogen-bond acceptors (Lipinski definition) is 7. The highest BCUT2D eigenvalue weighted by atomic mass is 32.1. The lowest BCUT2D eigenvalue weighted by molar-refractivity contribution is 0.277. The van der Waals surface area contributed by atoms with Gasteiger partial charge in [0.15, 0.2) is 0 Å². The summed E-state index contributed by atoms with van der Waals surface area (Å²) in [6.45, 7) is 1.68. The van der Waals surface area contributed by atoms with Crippen molar-refractivity contribution in [2.24, 2.45) is 0 Å². The van der Waals surface area contributed by atoms with Gasteiger partial charge in [-0.3, -0.25) is 4.98 Å². The molecule has 0 aliphatic heterocycles. The number of aliphatic hydroxyl groups excluding tert-OH is 1. The quantitative estimate of drug-likeness (QED) is 0.765. The summed E-state index contributed by atoms with van der Waals surface area (Å²) in [5, 5.41) is 26.8. The molecule has 0 aliphatic carbocycles. The second-order valence-corrected chi connectivity index (χ2v) is 4.96. The van der Waals surface area contributed by atoms with Gasteiger partial charge in [-0.15, -0.1) is 15.3 Å². The molecule has 19 heavy (non-hydrogen) atoms. The first kappa shape index (κ1) is 11.9. The zero-order valence-electron chi connectivity index (χ0n) is 10.1. The van der Waals surface area contributed by atoms with E-state index in [2.05, 4.69) is 25.5 Å². The lowest BCUT2D eigenvalue weighted by Gasteiger charge is -2.03. The second-order valence-electron chi connectivity index (χ2n) is 3.80. The Kier molecular flexibility index (Phi) is 3.02. The Balaban J connectivity index is 2.19. The first-order valence-electron chi connectivity index (χ1n) is 5.56. The molecule has 0 aromatic carbocycles. The van der Waals surface area contributed by atoms with Crippen LogP contribution in [0.4, 0.5) is 0 Å². The molecule has 0 atom stereocenters. The predicted molar refractivity (Wildman–Crippen MR) is 68.7 cm³/mol. The van der Waals surface area contributed by atoms with Gasteiger partial charge in [-0.05, 0) is 19.1 Å². The van der Waals surface area contributed by atoms with E-state index in [9.17, 15) is 5.11 Å². The summed E-state index contributed by atoms with van der Waals surface area (Å²) in [6, 6.07) is 3.70. The highest BCUT2D eigenvalue weighted by Crippen LogP contribution is 2.25. The van der Waals surface area contributed by atoms with E-state index in [0.29, 0.717) is 16.5 Å². The van der Waals surface area contributed by atoms with Crippen LogP contribution in [0, 0.1) is 6.92 Å². The van der Waals surface area contributed by atoms with E-state index in [1.807, 2.05) is 19.1 Å². The van der Waals surface area contributed by atoms with Crippen LogP contribution in [-0.4, -0.2) is 35.3 Å². The average molecular weight is 274 g/mol. The molecule has 0 bridgehead atoms. The lowest BCUT2D eigenvalue weighted by atomic mass is 10.2. The summed E-state index contributed by atoms with van der Waals surface area (Å²) in [7, 11) is 0. The fourth-order valence-corrected chi connectivity index (χ4v) is 2.36. The van der Waals surface area contributed by atoms with E-state index in [-0.39, 0.29) is 6.61 Å². The second kappa shape index (κ2) is 4.82. The molecule has 0 aliphatic rings. The molecule has 96 valence electrons. The van der Waals surface area contributed by atoms with Gasteiger partial charge in [0, 0.05) is 18.0 Å². The van der Waals surface area contributed by atoms with Crippen LogP contribution in [0.3, 0.4) is 0 Å². The number of rotatable bonds is 3. The predicted octanol–water partition coefficient (Wildman–Crippen LogP) is 0.982. The number of nitrogens with zero attached hydrogens (tertiary/aromatic N) is 6. The third-order valence-corrected chi connectivity index (χ3v) is 3.34. The Morgan fingerprint density at radius 2 is 2.21 bits per heavy atom. The van der Waals surface area contributed by atoms with Gasteiger partial charge in [-0.2, -0.15) is 4.68 Å². The molecule has 0 amide bonds. The molecular formula is C11H10N6OS. The molecule has 8 heteroatoms. The fraction of sp³-hybridized carbons (Fsp3) is 0.182. The van der Waals surface area contributed by atoms with Crippen molar-refractivity contribution in [2.45, 2.75) is 13.5 Å². The zero-order chi connectivity index (χ0) is 13.2. The number of aliphatic hydroxyl groups is 1. The minimum Gasteiger partial charge on any atom is -0.390 e. The first-order valence-corrected chi connectivity index (χ1v) is 6.37. The van der Waals surface area contributed by atoms with Crippen LogP contribution in [0.2, 0.25) is 0 Å². The SMILES string of the molecule is Cc1nnc(-n2nnc(CO)c2-c2cccnc2)s1. The molecule has 0 saturated carbocycles. The average Bonchev–Trinajstić information content (AvgIpc) is 3.05. The van der Waals surface area contributed by atoms with Crippen molar-refractivity contribution in [3.63, 3.8) is 0 Å². The summed E-state index contributed by atoms with van der Waals surface area (Å²) in [5.41, 5.74) is 2.00. The Morgan fingerprint density at radius 3 is 2.84 bits per heavy atom. The van der Waals surface area contributed by atoms with Crippen LogP contribution >= 0.6 is 11.3 Å². The lowest BCUT2D eigenvalue weighted by Crippen LogP contribution is -2.00. The van der Waals surface area contributed by atoms with Crippen molar-refractivity contribution in [1.82, 2.24) is 30.2 Å². The van der Waals surface area contributed by atoms with E-state index in [0.717, 1.165) is 10.6 Å². The molecule has 3 aromatic heterocycles. The topological polar surface area (TPSA) is 89.6 Å². The molecule has 0 spiro atoms. The number of pyridine rings is 1. The van der Waals surface area contributed by atoms with E-state index >= 15 is 0 Å². The van der Waals surface area contributed by atoms with Crippen LogP contribution in [0.1, 0.15) is 10.7 Å². The molecular weight excluding hydrogens is 264 g/mol. The van der Waals surface area contributed by atoms with Gasteiger partial charge in [-0.25, -0.2) is 0 Å². The summed E-state index contributed by atoms with van der Waals surface area (Å²) in [6.07, 6.45) is 3.38. The van der Waals surface area contributed by atoms with E-state index < -0.39 is 0 Å². The molecule has 3 heterocycles. The highest BCUT2D eigenvalue weighted by Gasteiger charge is 2.18. The third kappa shape index (κ3) is 2.11. The largest absolute Gasteiger partial charge is 0.390 e. The van der Waals surface area contributed by atoms with Gasteiger partial charge in [0.2, 0.25) is 5.13 Å². The number of aryl methyl sites for hydroxylation is 1. The maximum absolute atomic E-state index is 9.38. The monoisotopic (exact) mass is 274 g/mol. The normalized spacial score (nSPS) is 10.8. The number of hydrogen-bond donors (Lipinski definition) is 1. The maximum atomic E-state index is 9.38. The van der Waals surface area contributed by atoms with Gasteiger partial charge < -0.3 is 5.11 Å². The van der Waals surface area contributed by atoms with E-state index in [1.165, 1.54) is 11.3 Å². The third-order valence-electron chi connectivity index (χ3n) is 2.52. The maximum Gasteiger partial charge on any atom is 0.234 e. The Morgan fingerprint density at radius 1 is 1.32 bits per heavy atom. The summed E-state index contributed by atoms with van der Waals surface area (Å²) >= 11 is 1.41. The minimum absolute atomic E-state index is 0.192. The minimum atomic E-state index is -0.192. The van der Waals surface area contributed by atoms with Crippen molar-refractivity contribution < 1.29 is 5.11 Å². The van der Waals surface area contributed by atoms with Gasteiger partial charge in [-0.1, -0.05) is 16.6 Å². The van der Waals surface area contributed by atoms with Crippen LogP contribution in [-0.2, 0) is 6.61 Å². The number of aromatic nitrogens is 6. The van der Waals surface area contributed by atoms with Crippen molar-refractivity contribution in [3.05, 3.63) is 35.2 Å². The van der Waals surface area contributed by atoms with Gasteiger partial charge in [0.05, 0.1) is 6.61 Å². The van der Waals surface area contributed by atoms with Gasteiger partial charge >= 0.3 is 0 Å². The standard InChI is InChI=1S/C11H10N6OS/c1-7-13-15-11(19-7)17-10(9(6-18)14-16-17)8-3-2-4-12-5-8/h2-5,18H,6H2,1H3. The first-order chi connectivity index (χ1) is 9.29. The molecule has 3 rings (SSSR count). The van der Waals surface area contributed by atoms with Crippen molar-refractivity contribution >= 4 is 11.3 Å². The van der Waals surface area contributed by atoms with Crippen LogP contribution in [0.25, 0.3) is 16.4 Å². The Labute approximate surface area is 112 Å². The van der Waals surface area contributed by atoms with Crippen molar-refractivity contribution in [2.75, 3.05) is 0 Å². The summed E-state index contributed by atoms with van der Waals surface area (Å²) in [4.78, 5) is 4.07. The summed E-state index contributed by atoms with van der Waals surface area (Å²) in [5.74, 6) is 0. The van der Waals surface area contributed by atoms with Crippen molar-refractivity contribution in [1.29, 1.82) is 0 Å². The molecule has 0 unspecified atom stereocenters. The molecule has 3 aromatic rings. The van der Waals surface area contributed by atoms with Crippen LogP contribution in [0.5, 0.6) is 0 Å². The highest BCUT2D eigenvalue weighted by molar-refractivity contribution is 7.13. The van der Waals surface area contributed by atoms with E-state index in [1.54, 1.807) is 17.1 Å². The molecule has 0 saturated heterocycles. The molecule has 0 radical (unpaired) electrons. The molecule has 1 N–H and O–H groups in total. The fourth-order valence-electron chi connectivity index (χ4n) is 1.72. The molecule has 7 nitrogen and oxygen atoms in total. The van der Waals surface area contributed by atoms with Crippen LogP contribution < -0.4 is 0 Å². The Hall–Kier alpha value is -2.19. The van der Waals surface area contributed by atoms with Gasteiger partial charge in [0.25, 0.3) is 0 Å². The van der Waals surface area contributed by atoms with Crippen molar-refractivity contribution in [3.8, 4) is 16.4 Å². The van der Waals surface area contributed by atoms with E-state index in [4.69, 9.17) is 0 Å². The van der Waals surface area contributed by atoms with Gasteiger partial charge in [0.1, 0.15) is 16.4 Å². The smallest absolute Gasteiger partial charge is 0.234 e. The molecule has 0 fully saturated rings. The van der Waals surface area contributed by atoms with Crippen LogP contribution in [0.15, 0.2) is 24.5 Å². The Bertz CT molecular complexity index is 692. The summed E-state index contributed by atoms with van der Waals surface area (Å²) < 4.78 is 1.58. The zero-order valence-corrected chi connectivity index (χ0v) is 10.9.